The van der Waals surface area contributed by atoms with E-state index in [0.29, 0.717) is 31.5 Å². The van der Waals surface area contributed by atoms with Gasteiger partial charge in [0.25, 0.3) is 0 Å². The number of likely N-dealkylation sites (tertiary alicyclic amines) is 1. The molecule has 7 nitrogen and oxygen atoms in total. The summed E-state index contributed by atoms with van der Waals surface area (Å²) in [6.45, 7) is 0.743. The molecular formula is C16H19NO6S. The first-order valence-electron chi connectivity index (χ1n) is 7.42. The number of piperidine rings is 1. The van der Waals surface area contributed by atoms with Gasteiger partial charge in [0, 0.05) is 19.3 Å². The van der Waals surface area contributed by atoms with Gasteiger partial charge in [-0.1, -0.05) is 18.2 Å². The van der Waals surface area contributed by atoms with Crippen molar-refractivity contribution < 1.29 is 28.2 Å². The lowest BCUT2D eigenvalue weighted by molar-refractivity contribution is -0.130. The Bertz CT molecular complexity index is 758. The van der Waals surface area contributed by atoms with Gasteiger partial charge in [-0.05, 0) is 36.5 Å². The lowest BCUT2D eigenvalue weighted by Gasteiger charge is -2.28. The van der Waals surface area contributed by atoms with E-state index in [0.717, 1.165) is 6.26 Å². The number of carboxylic acids is 1. The maximum absolute atomic E-state index is 11.5. The summed E-state index contributed by atoms with van der Waals surface area (Å²) in [5.74, 6) is -1.12. The Morgan fingerprint density at radius 1 is 1.12 bits per heavy atom. The SMILES string of the molecule is CS(=O)(=O)c1ccc(C(=CC2CCN(C(=O)O)CC2)C(=O)O)cc1. The highest BCUT2D eigenvalue weighted by Crippen LogP contribution is 2.25. The van der Waals surface area contributed by atoms with E-state index in [1.54, 1.807) is 6.08 Å². The van der Waals surface area contributed by atoms with Gasteiger partial charge in [0.1, 0.15) is 0 Å². The molecule has 2 rings (SSSR count). The van der Waals surface area contributed by atoms with Crippen LogP contribution in [-0.4, -0.2) is 54.9 Å². The van der Waals surface area contributed by atoms with E-state index in [9.17, 15) is 23.1 Å². The molecule has 1 aromatic rings. The predicted octanol–water partition coefficient (Wildman–Crippen LogP) is 1.95. The number of carbonyl (C=O) groups is 2. The third-order valence-corrected chi connectivity index (χ3v) is 5.16. The van der Waals surface area contributed by atoms with Crippen LogP contribution in [0.25, 0.3) is 5.57 Å². The minimum atomic E-state index is -3.34. The van der Waals surface area contributed by atoms with Crippen LogP contribution in [0.1, 0.15) is 18.4 Å². The summed E-state index contributed by atoms with van der Waals surface area (Å²) in [5, 5.41) is 18.4. The second-order valence-corrected chi connectivity index (χ2v) is 7.80. The summed E-state index contributed by atoms with van der Waals surface area (Å²) >= 11 is 0. The molecule has 1 aliphatic rings. The number of hydrogen-bond donors (Lipinski definition) is 2. The van der Waals surface area contributed by atoms with Crippen LogP contribution in [0.5, 0.6) is 0 Å². The number of carboxylic acid groups (broad SMARTS) is 2. The molecule has 0 atom stereocenters. The monoisotopic (exact) mass is 353 g/mol. The van der Waals surface area contributed by atoms with Gasteiger partial charge < -0.3 is 15.1 Å². The first-order valence-corrected chi connectivity index (χ1v) is 9.31. The number of aliphatic carboxylic acids is 1. The van der Waals surface area contributed by atoms with Crippen LogP contribution >= 0.6 is 0 Å². The summed E-state index contributed by atoms with van der Waals surface area (Å²) < 4.78 is 22.9. The zero-order valence-corrected chi connectivity index (χ0v) is 14.0. The van der Waals surface area contributed by atoms with Crippen LogP contribution in [0.15, 0.2) is 35.2 Å². The molecule has 1 aromatic carbocycles. The molecule has 24 heavy (non-hydrogen) atoms. The van der Waals surface area contributed by atoms with E-state index >= 15 is 0 Å². The molecule has 1 amide bonds. The number of sulfone groups is 1. The highest BCUT2D eigenvalue weighted by Gasteiger charge is 2.23. The van der Waals surface area contributed by atoms with Gasteiger partial charge in [0.05, 0.1) is 10.5 Å². The molecule has 0 aromatic heterocycles. The Balaban J connectivity index is 2.21. The highest BCUT2D eigenvalue weighted by molar-refractivity contribution is 7.90. The summed E-state index contributed by atoms with van der Waals surface area (Å²) in [6, 6.07) is 5.72. The average molecular weight is 353 g/mol. The maximum Gasteiger partial charge on any atom is 0.407 e. The third kappa shape index (κ3) is 4.35. The van der Waals surface area contributed by atoms with E-state index in [1.807, 2.05) is 0 Å². The van der Waals surface area contributed by atoms with Crippen molar-refractivity contribution in [2.45, 2.75) is 17.7 Å². The van der Waals surface area contributed by atoms with Crippen molar-refractivity contribution in [1.82, 2.24) is 4.90 Å². The maximum atomic E-state index is 11.5. The standard InChI is InChI=1S/C16H19NO6S/c1-24(22,23)13-4-2-12(3-5-13)14(15(18)19)10-11-6-8-17(9-7-11)16(20)21/h2-5,10-11H,6-9H2,1H3,(H,18,19)(H,20,21). The van der Waals surface area contributed by atoms with Gasteiger partial charge in [-0.25, -0.2) is 18.0 Å². The molecule has 0 aliphatic carbocycles. The van der Waals surface area contributed by atoms with Crippen LogP contribution in [0.4, 0.5) is 4.79 Å². The normalized spacial score (nSPS) is 16.9. The molecule has 8 heteroatoms. The molecule has 1 heterocycles. The van der Waals surface area contributed by atoms with Crippen molar-refractivity contribution in [2.75, 3.05) is 19.3 Å². The summed E-state index contributed by atoms with van der Waals surface area (Å²) in [7, 11) is -3.34. The van der Waals surface area contributed by atoms with Gasteiger partial charge in [-0.2, -0.15) is 0 Å². The molecule has 0 radical (unpaired) electrons. The Morgan fingerprint density at radius 2 is 1.67 bits per heavy atom. The van der Waals surface area contributed by atoms with Gasteiger partial charge >= 0.3 is 12.1 Å². The molecule has 0 saturated carbocycles. The van der Waals surface area contributed by atoms with Crippen LogP contribution in [0.3, 0.4) is 0 Å². The van der Waals surface area contributed by atoms with Crippen LogP contribution in [0, 0.1) is 5.92 Å². The Morgan fingerprint density at radius 3 is 2.08 bits per heavy atom. The third-order valence-electron chi connectivity index (χ3n) is 4.04. The number of nitrogens with zero attached hydrogens (tertiary/aromatic N) is 1. The van der Waals surface area contributed by atoms with Gasteiger partial charge in [-0.3, -0.25) is 0 Å². The van der Waals surface area contributed by atoms with Crippen molar-refractivity contribution in [3.63, 3.8) is 0 Å². The number of amides is 1. The Labute approximate surface area is 140 Å². The molecule has 130 valence electrons. The fourth-order valence-corrected chi connectivity index (χ4v) is 3.30. The minimum absolute atomic E-state index is 0.0266. The second-order valence-electron chi connectivity index (χ2n) is 5.79. The van der Waals surface area contributed by atoms with Crippen molar-refractivity contribution in [1.29, 1.82) is 0 Å². The van der Waals surface area contributed by atoms with Crippen molar-refractivity contribution >= 4 is 27.5 Å². The lowest BCUT2D eigenvalue weighted by Crippen LogP contribution is -2.37. The zero-order chi connectivity index (χ0) is 17.9. The molecule has 1 aliphatic heterocycles. The number of rotatable bonds is 4. The largest absolute Gasteiger partial charge is 0.478 e. The minimum Gasteiger partial charge on any atom is -0.478 e. The second kappa shape index (κ2) is 7.04. The summed E-state index contributed by atoms with van der Waals surface area (Å²) in [6.07, 6.45) is 2.88. The molecular weight excluding hydrogens is 334 g/mol. The van der Waals surface area contributed by atoms with Gasteiger partial charge in [-0.15, -0.1) is 0 Å². The fourth-order valence-electron chi connectivity index (χ4n) is 2.67. The number of hydrogen-bond acceptors (Lipinski definition) is 4. The molecule has 0 spiro atoms. The van der Waals surface area contributed by atoms with E-state index < -0.39 is 21.9 Å². The Kier molecular flexibility index (Phi) is 5.28. The van der Waals surface area contributed by atoms with Crippen LogP contribution in [0.2, 0.25) is 0 Å². The lowest BCUT2D eigenvalue weighted by atomic mass is 9.92. The van der Waals surface area contributed by atoms with E-state index in [1.165, 1.54) is 29.2 Å². The van der Waals surface area contributed by atoms with E-state index in [2.05, 4.69) is 0 Å². The zero-order valence-electron chi connectivity index (χ0n) is 13.2. The first kappa shape index (κ1) is 18.0. The van der Waals surface area contributed by atoms with Gasteiger partial charge in [0.2, 0.25) is 0 Å². The number of allylic oxidation sites excluding steroid dienone is 1. The van der Waals surface area contributed by atoms with Crippen LogP contribution < -0.4 is 0 Å². The Hall–Kier alpha value is -2.35. The molecule has 2 N–H and O–H groups in total. The average Bonchev–Trinajstić information content (AvgIpc) is 2.52. The van der Waals surface area contributed by atoms with Crippen LogP contribution in [-0.2, 0) is 14.6 Å². The topological polar surface area (TPSA) is 112 Å². The van der Waals surface area contributed by atoms with Crippen molar-refractivity contribution in [3.05, 3.63) is 35.9 Å². The van der Waals surface area contributed by atoms with Crippen molar-refractivity contribution in [2.24, 2.45) is 5.92 Å². The fraction of sp³-hybridized carbons (Fsp3) is 0.375. The molecule has 1 fully saturated rings. The van der Waals surface area contributed by atoms with E-state index in [-0.39, 0.29) is 16.4 Å². The molecule has 0 unspecified atom stereocenters. The van der Waals surface area contributed by atoms with Crippen molar-refractivity contribution in [3.8, 4) is 0 Å². The van der Waals surface area contributed by atoms with Gasteiger partial charge in [0.15, 0.2) is 9.84 Å². The molecule has 1 saturated heterocycles. The predicted molar refractivity (Wildman–Crippen MR) is 87.5 cm³/mol. The summed E-state index contributed by atoms with van der Waals surface area (Å²) in [5.41, 5.74) is 0.527. The quantitative estimate of drug-likeness (QED) is 0.800. The summed E-state index contributed by atoms with van der Waals surface area (Å²) in [4.78, 5) is 23.9. The molecule has 0 bridgehead atoms. The first-order chi connectivity index (χ1) is 11.2. The van der Waals surface area contributed by atoms with E-state index in [4.69, 9.17) is 5.11 Å². The number of benzene rings is 1. The highest BCUT2D eigenvalue weighted by atomic mass is 32.2. The smallest absolute Gasteiger partial charge is 0.407 e.